The summed E-state index contributed by atoms with van der Waals surface area (Å²) in [5.41, 5.74) is 1.92. The first-order valence-corrected chi connectivity index (χ1v) is 6.97. The van der Waals surface area contributed by atoms with Gasteiger partial charge >= 0.3 is 0 Å². The van der Waals surface area contributed by atoms with E-state index >= 15 is 0 Å². The van der Waals surface area contributed by atoms with E-state index in [1.807, 2.05) is 24.3 Å². The molecule has 0 amide bonds. The Kier molecular flexibility index (Phi) is 4.87. The zero-order valence-electron chi connectivity index (χ0n) is 9.37. The van der Waals surface area contributed by atoms with Crippen molar-refractivity contribution in [3.63, 3.8) is 0 Å². The quantitative estimate of drug-likeness (QED) is 0.741. The number of ether oxygens (including phenoxy) is 1. The molecule has 0 saturated heterocycles. The van der Waals surface area contributed by atoms with Crippen molar-refractivity contribution < 1.29 is 4.74 Å². The molecule has 0 atom stereocenters. The van der Waals surface area contributed by atoms with E-state index in [1.54, 1.807) is 12.3 Å². The molecule has 5 heteroatoms. The van der Waals surface area contributed by atoms with Crippen LogP contribution in [0.5, 0.6) is 5.88 Å². The van der Waals surface area contributed by atoms with Gasteiger partial charge in [-0.15, -0.1) is 11.6 Å². The lowest BCUT2D eigenvalue weighted by molar-refractivity contribution is 0.294. The van der Waals surface area contributed by atoms with Crippen molar-refractivity contribution in [1.82, 2.24) is 4.98 Å². The predicted octanol–water partition coefficient (Wildman–Crippen LogP) is 4.82. The topological polar surface area (TPSA) is 22.1 Å². The van der Waals surface area contributed by atoms with Crippen LogP contribution in [-0.4, -0.2) is 4.98 Å². The third kappa shape index (κ3) is 3.61. The molecule has 1 aromatic carbocycles. The van der Waals surface area contributed by atoms with Gasteiger partial charge in [0.2, 0.25) is 5.88 Å². The second-order valence-corrected chi connectivity index (χ2v) is 5.27. The molecule has 0 fully saturated rings. The molecule has 2 rings (SSSR count). The van der Waals surface area contributed by atoms with Crippen LogP contribution in [0.1, 0.15) is 11.1 Å². The third-order valence-corrected chi connectivity index (χ3v) is 3.36. The van der Waals surface area contributed by atoms with Gasteiger partial charge in [0.15, 0.2) is 0 Å². The Morgan fingerprint density at radius 3 is 2.72 bits per heavy atom. The maximum atomic E-state index is 6.05. The fraction of sp³-hybridized carbons (Fsp3) is 0.154. The van der Waals surface area contributed by atoms with E-state index < -0.39 is 0 Å². The van der Waals surface area contributed by atoms with Crippen LogP contribution in [0.4, 0.5) is 0 Å². The summed E-state index contributed by atoms with van der Waals surface area (Å²) in [4.78, 5) is 4.14. The summed E-state index contributed by atoms with van der Waals surface area (Å²) in [5, 5.41) is 0.475. The van der Waals surface area contributed by atoms with Crippen molar-refractivity contribution in [3.8, 4) is 5.88 Å². The molecule has 18 heavy (non-hydrogen) atoms. The molecule has 0 aliphatic rings. The molecular weight excluding hydrogens is 337 g/mol. The fourth-order valence-corrected chi connectivity index (χ4v) is 2.26. The molecule has 0 radical (unpaired) electrons. The third-order valence-electron chi connectivity index (χ3n) is 2.28. The normalized spacial score (nSPS) is 10.4. The Labute approximate surface area is 124 Å². The number of benzene rings is 1. The SMILES string of the molecule is ClCc1cnc(OCc2cccc(Br)c2)c(Cl)c1. The summed E-state index contributed by atoms with van der Waals surface area (Å²) in [5.74, 6) is 0.809. The minimum atomic E-state index is 0.388. The van der Waals surface area contributed by atoms with Crippen LogP contribution in [0.2, 0.25) is 5.02 Å². The Hall–Kier alpha value is -0.770. The fourth-order valence-electron chi connectivity index (χ4n) is 1.42. The number of alkyl halides is 1. The largest absolute Gasteiger partial charge is 0.472 e. The van der Waals surface area contributed by atoms with Gasteiger partial charge in [0.1, 0.15) is 11.6 Å². The highest BCUT2D eigenvalue weighted by atomic mass is 79.9. The lowest BCUT2D eigenvalue weighted by Gasteiger charge is -2.08. The van der Waals surface area contributed by atoms with Crippen molar-refractivity contribution in [2.45, 2.75) is 12.5 Å². The number of nitrogens with zero attached hydrogens (tertiary/aromatic N) is 1. The van der Waals surface area contributed by atoms with Crippen molar-refractivity contribution in [3.05, 3.63) is 57.2 Å². The summed E-state index contributed by atoms with van der Waals surface area (Å²) in [7, 11) is 0. The standard InChI is InChI=1S/C13H10BrCl2NO/c14-11-3-1-2-9(4-11)8-18-13-12(16)5-10(6-15)7-17-13/h1-5,7H,6,8H2. The van der Waals surface area contributed by atoms with Gasteiger partial charge in [0.05, 0.1) is 0 Å². The molecule has 1 aromatic heterocycles. The number of halogens is 3. The van der Waals surface area contributed by atoms with Gasteiger partial charge in [-0.2, -0.15) is 0 Å². The predicted molar refractivity (Wildman–Crippen MR) is 77.3 cm³/mol. The Morgan fingerprint density at radius 2 is 2.06 bits per heavy atom. The van der Waals surface area contributed by atoms with Crippen LogP contribution >= 0.6 is 39.1 Å². The Morgan fingerprint density at radius 1 is 1.22 bits per heavy atom. The first kappa shape index (κ1) is 13.7. The number of hydrogen-bond acceptors (Lipinski definition) is 2. The highest BCUT2D eigenvalue weighted by molar-refractivity contribution is 9.10. The first-order valence-electron chi connectivity index (χ1n) is 5.26. The molecule has 0 N–H and O–H groups in total. The Bertz CT molecular complexity index is 548. The van der Waals surface area contributed by atoms with Gasteiger partial charge in [-0.25, -0.2) is 4.98 Å². The van der Waals surface area contributed by atoms with Crippen LogP contribution in [0.3, 0.4) is 0 Å². The summed E-state index contributed by atoms with van der Waals surface area (Å²) in [6.45, 7) is 0.423. The van der Waals surface area contributed by atoms with E-state index in [0.717, 1.165) is 15.6 Å². The highest BCUT2D eigenvalue weighted by Crippen LogP contribution is 2.24. The van der Waals surface area contributed by atoms with Crippen molar-refractivity contribution in [2.75, 3.05) is 0 Å². The molecule has 0 saturated carbocycles. The average molecular weight is 347 g/mol. The van der Waals surface area contributed by atoms with Crippen molar-refractivity contribution >= 4 is 39.1 Å². The number of hydrogen-bond donors (Lipinski definition) is 0. The van der Waals surface area contributed by atoms with E-state index in [4.69, 9.17) is 27.9 Å². The Balaban J connectivity index is 2.06. The molecule has 0 bridgehead atoms. The number of rotatable bonds is 4. The van der Waals surface area contributed by atoms with Crippen LogP contribution < -0.4 is 4.74 Å². The zero-order chi connectivity index (χ0) is 13.0. The molecule has 0 unspecified atom stereocenters. The summed E-state index contributed by atoms with van der Waals surface area (Å²) in [6.07, 6.45) is 1.66. The van der Waals surface area contributed by atoms with Gasteiger partial charge in [0.25, 0.3) is 0 Å². The van der Waals surface area contributed by atoms with Gasteiger partial charge in [-0.05, 0) is 29.3 Å². The number of pyridine rings is 1. The van der Waals surface area contributed by atoms with Gasteiger partial charge in [-0.1, -0.05) is 39.7 Å². The van der Waals surface area contributed by atoms with E-state index in [2.05, 4.69) is 20.9 Å². The smallest absolute Gasteiger partial charge is 0.232 e. The van der Waals surface area contributed by atoms with Gasteiger partial charge < -0.3 is 4.74 Å². The monoisotopic (exact) mass is 345 g/mol. The molecular formula is C13H10BrCl2NO. The molecule has 2 aromatic rings. The lowest BCUT2D eigenvalue weighted by atomic mass is 10.2. The van der Waals surface area contributed by atoms with Crippen LogP contribution in [0.15, 0.2) is 41.0 Å². The lowest BCUT2D eigenvalue weighted by Crippen LogP contribution is -1.98. The molecule has 94 valence electrons. The minimum absolute atomic E-state index is 0.388. The number of aromatic nitrogens is 1. The summed E-state index contributed by atoms with van der Waals surface area (Å²) < 4.78 is 6.58. The molecule has 0 spiro atoms. The van der Waals surface area contributed by atoms with E-state index in [1.165, 1.54) is 0 Å². The highest BCUT2D eigenvalue weighted by Gasteiger charge is 2.05. The molecule has 2 nitrogen and oxygen atoms in total. The second-order valence-electron chi connectivity index (χ2n) is 3.68. The first-order chi connectivity index (χ1) is 8.69. The van der Waals surface area contributed by atoms with Crippen LogP contribution in [-0.2, 0) is 12.5 Å². The van der Waals surface area contributed by atoms with E-state index in [0.29, 0.717) is 23.4 Å². The maximum absolute atomic E-state index is 6.05. The van der Waals surface area contributed by atoms with Crippen LogP contribution in [0.25, 0.3) is 0 Å². The average Bonchev–Trinajstić information content (AvgIpc) is 2.37. The molecule has 1 heterocycles. The minimum Gasteiger partial charge on any atom is -0.472 e. The molecule has 0 aliphatic carbocycles. The van der Waals surface area contributed by atoms with Gasteiger partial charge in [0, 0.05) is 16.5 Å². The molecule has 0 aliphatic heterocycles. The van der Waals surface area contributed by atoms with Crippen LogP contribution in [0, 0.1) is 0 Å². The van der Waals surface area contributed by atoms with Crippen molar-refractivity contribution in [2.24, 2.45) is 0 Å². The van der Waals surface area contributed by atoms with E-state index in [-0.39, 0.29) is 0 Å². The maximum Gasteiger partial charge on any atom is 0.232 e. The second kappa shape index (κ2) is 6.41. The van der Waals surface area contributed by atoms with Gasteiger partial charge in [-0.3, -0.25) is 0 Å². The van der Waals surface area contributed by atoms with Crippen molar-refractivity contribution in [1.29, 1.82) is 0 Å². The van der Waals surface area contributed by atoms with E-state index in [9.17, 15) is 0 Å². The zero-order valence-corrected chi connectivity index (χ0v) is 12.5. The summed E-state index contributed by atoms with van der Waals surface area (Å²) >= 11 is 15.2. The summed E-state index contributed by atoms with van der Waals surface area (Å²) in [6, 6.07) is 9.64.